The van der Waals surface area contributed by atoms with Crippen LogP contribution < -0.4 is 15.6 Å². The van der Waals surface area contributed by atoms with Crippen LogP contribution in [0.4, 0.5) is 8.78 Å². The van der Waals surface area contributed by atoms with Gasteiger partial charge in [-0.25, -0.2) is 17.2 Å². The van der Waals surface area contributed by atoms with Gasteiger partial charge < -0.3 is 4.74 Å². The predicted molar refractivity (Wildman–Crippen MR) is 108 cm³/mol. The Morgan fingerprint density at radius 3 is 2.50 bits per heavy atom. The SMILES string of the molecule is COc1cccc(C2CC(C3CCN(S(=O)(=O)c4ccc(F)c(F)c4)CC3)NN2)c1. The summed E-state index contributed by atoms with van der Waals surface area (Å²) in [4.78, 5) is -0.210. The van der Waals surface area contributed by atoms with Crippen LogP contribution in [-0.4, -0.2) is 39.0 Å². The molecule has 2 saturated heterocycles. The Morgan fingerprint density at radius 1 is 1.03 bits per heavy atom. The van der Waals surface area contributed by atoms with Gasteiger partial charge in [0, 0.05) is 25.2 Å². The van der Waals surface area contributed by atoms with E-state index in [9.17, 15) is 17.2 Å². The second-order valence-electron chi connectivity index (χ2n) is 7.78. The average Bonchev–Trinajstić information content (AvgIpc) is 3.26. The number of ether oxygens (including phenoxy) is 1. The summed E-state index contributed by atoms with van der Waals surface area (Å²) in [6.45, 7) is 0.710. The quantitative estimate of drug-likeness (QED) is 0.753. The van der Waals surface area contributed by atoms with Crippen molar-refractivity contribution < 1.29 is 21.9 Å². The zero-order chi connectivity index (χ0) is 21.3. The van der Waals surface area contributed by atoms with E-state index in [0.29, 0.717) is 31.8 Å². The third-order valence-corrected chi connectivity index (χ3v) is 7.92. The minimum Gasteiger partial charge on any atom is -0.497 e. The van der Waals surface area contributed by atoms with Gasteiger partial charge >= 0.3 is 0 Å². The van der Waals surface area contributed by atoms with Crippen LogP contribution in [0.3, 0.4) is 0 Å². The summed E-state index contributed by atoms with van der Waals surface area (Å²) in [5.41, 5.74) is 7.84. The number of sulfonamides is 1. The van der Waals surface area contributed by atoms with Gasteiger partial charge in [-0.15, -0.1) is 0 Å². The van der Waals surface area contributed by atoms with Gasteiger partial charge in [-0.05, 0) is 61.1 Å². The van der Waals surface area contributed by atoms with E-state index in [2.05, 4.69) is 16.9 Å². The summed E-state index contributed by atoms with van der Waals surface area (Å²) in [7, 11) is -2.19. The third kappa shape index (κ3) is 4.20. The first-order valence-corrected chi connectivity index (χ1v) is 11.4. The van der Waals surface area contributed by atoms with Crippen molar-refractivity contribution in [2.24, 2.45) is 5.92 Å². The average molecular weight is 438 g/mol. The molecule has 0 spiro atoms. The summed E-state index contributed by atoms with van der Waals surface area (Å²) >= 11 is 0. The molecule has 162 valence electrons. The van der Waals surface area contributed by atoms with Crippen LogP contribution >= 0.6 is 0 Å². The summed E-state index contributed by atoms with van der Waals surface area (Å²) in [5, 5.41) is 0. The molecule has 6 nitrogen and oxygen atoms in total. The van der Waals surface area contributed by atoms with Gasteiger partial charge in [0.15, 0.2) is 11.6 Å². The molecule has 30 heavy (non-hydrogen) atoms. The zero-order valence-corrected chi connectivity index (χ0v) is 17.5. The van der Waals surface area contributed by atoms with Crippen LogP contribution in [0.2, 0.25) is 0 Å². The van der Waals surface area contributed by atoms with Crippen molar-refractivity contribution in [1.29, 1.82) is 0 Å². The fourth-order valence-electron chi connectivity index (χ4n) is 4.27. The monoisotopic (exact) mass is 437 g/mol. The van der Waals surface area contributed by atoms with E-state index in [-0.39, 0.29) is 17.0 Å². The molecule has 2 aliphatic heterocycles. The largest absolute Gasteiger partial charge is 0.497 e. The molecule has 2 N–H and O–H groups in total. The lowest BCUT2D eigenvalue weighted by Crippen LogP contribution is -2.44. The van der Waals surface area contributed by atoms with E-state index < -0.39 is 21.7 Å². The minimum absolute atomic E-state index is 0.161. The highest BCUT2D eigenvalue weighted by atomic mass is 32.2. The van der Waals surface area contributed by atoms with Gasteiger partial charge in [0.25, 0.3) is 0 Å². The first-order valence-electron chi connectivity index (χ1n) is 9.98. The fourth-order valence-corrected chi connectivity index (χ4v) is 5.75. The highest BCUT2D eigenvalue weighted by molar-refractivity contribution is 7.89. The van der Waals surface area contributed by atoms with Crippen molar-refractivity contribution in [3.63, 3.8) is 0 Å². The van der Waals surface area contributed by atoms with Crippen molar-refractivity contribution in [1.82, 2.24) is 15.2 Å². The van der Waals surface area contributed by atoms with Crippen molar-refractivity contribution in [2.45, 2.75) is 36.2 Å². The molecule has 4 rings (SSSR count). The van der Waals surface area contributed by atoms with Crippen molar-refractivity contribution in [2.75, 3.05) is 20.2 Å². The normalized spacial score (nSPS) is 23.6. The summed E-state index contributed by atoms with van der Waals surface area (Å²) < 4.78 is 58.8. The molecule has 0 saturated carbocycles. The fraction of sp³-hybridized carbons (Fsp3) is 0.429. The molecule has 0 amide bonds. The number of rotatable bonds is 5. The van der Waals surface area contributed by atoms with E-state index in [0.717, 1.165) is 35.9 Å². The number of benzene rings is 2. The summed E-state index contributed by atoms with van der Waals surface area (Å²) in [6, 6.07) is 11.0. The van der Waals surface area contributed by atoms with E-state index >= 15 is 0 Å². The first-order chi connectivity index (χ1) is 14.4. The Bertz CT molecular complexity index is 1010. The summed E-state index contributed by atoms with van der Waals surface area (Å²) in [6.07, 6.45) is 2.30. The van der Waals surface area contributed by atoms with E-state index in [1.807, 2.05) is 18.2 Å². The molecule has 2 atom stereocenters. The number of hydrazine groups is 1. The van der Waals surface area contributed by atoms with Crippen LogP contribution in [0.25, 0.3) is 0 Å². The number of methoxy groups -OCH3 is 1. The van der Waals surface area contributed by atoms with E-state index in [1.54, 1.807) is 7.11 Å². The molecule has 0 bridgehead atoms. The predicted octanol–water partition coefficient (Wildman–Crippen LogP) is 2.98. The summed E-state index contributed by atoms with van der Waals surface area (Å²) in [5.74, 6) is -1.08. The Balaban J connectivity index is 1.37. The zero-order valence-electron chi connectivity index (χ0n) is 16.6. The molecule has 2 heterocycles. The van der Waals surface area contributed by atoms with Crippen molar-refractivity contribution in [3.05, 3.63) is 59.7 Å². The number of piperidine rings is 1. The lowest BCUT2D eigenvalue weighted by atomic mass is 9.87. The molecule has 2 aromatic rings. The van der Waals surface area contributed by atoms with Gasteiger partial charge in [-0.3, -0.25) is 10.9 Å². The second-order valence-corrected chi connectivity index (χ2v) is 9.72. The molecule has 2 aromatic carbocycles. The molecule has 2 unspecified atom stereocenters. The number of halogens is 2. The van der Waals surface area contributed by atoms with Gasteiger partial charge in [0.1, 0.15) is 5.75 Å². The van der Waals surface area contributed by atoms with Gasteiger partial charge in [-0.2, -0.15) is 4.31 Å². The van der Waals surface area contributed by atoms with Gasteiger partial charge in [0.2, 0.25) is 10.0 Å². The Morgan fingerprint density at radius 2 is 1.80 bits per heavy atom. The lowest BCUT2D eigenvalue weighted by molar-refractivity contribution is 0.230. The number of hydrogen-bond acceptors (Lipinski definition) is 5. The van der Waals surface area contributed by atoms with Crippen LogP contribution in [0.5, 0.6) is 5.75 Å². The molecule has 0 aromatic heterocycles. The minimum atomic E-state index is -3.83. The van der Waals surface area contributed by atoms with Crippen LogP contribution in [0.1, 0.15) is 30.9 Å². The van der Waals surface area contributed by atoms with Crippen LogP contribution in [-0.2, 0) is 10.0 Å². The van der Waals surface area contributed by atoms with Gasteiger partial charge in [0.05, 0.1) is 12.0 Å². The van der Waals surface area contributed by atoms with Gasteiger partial charge in [-0.1, -0.05) is 12.1 Å². The Hall–Kier alpha value is -2.07. The highest BCUT2D eigenvalue weighted by Crippen LogP contribution is 2.33. The second kappa shape index (κ2) is 8.58. The van der Waals surface area contributed by atoms with E-state index in [4.69, 9.17) is 4.74 Å². The number of nitrogens with one attached hydrogen (secondary N) is 2. The van der Waals surface area contributed by atoms with Crippen LogP contribution in [0.15, 0.2) is 47.4 Å². The maximum Gasteiger partial charge on any atom is 0.243 e. The standard InChI is InChI=1S/C21H25F2N3O3S/c1-29-16-4-2-3-15(11-16)21-13-20(24-25-21)14-7-9-26(10-8-14)30(27,28)17-5-6-18(22)19(23)12-17/h2-6,11-12,14,20-21,24-25H,7-10,13H2,1H3. The van der Waals surface area contributed by atoms with E-state index in [1.165, 1.54) is 4.31 Å². The van der Waals surface area contributed by atoms with Crippen LogP contribution in [0, 0.1) is 17.6 Å². The molecule has 0 aliphatic carbocycles. The third-order valence-electron chi connectivity index (χ3n) is 6.03. The molecule has 0 radical (unpaired) electrons. The smallest absolute Gasteiger partial charge is 0.243 e. The molecule has 2 aliphatic rings. The Labute approximate surface area is 175 Å². The number of nitrogens with zero attached hydrogens (tertiary/aromatic N) is 1. The first kappa shape index (κ1) is 21.2. The lowest BCUT2D eigenvalue weighted by Gasteiger charge is -2.34. The highest BCUT2D eigenvalue weighted by Gasteiger charge is 2.36. The maximum absolute atomic E-state index is 13.5. The molecular weight excluding hydrogens is 412 g/mol. The van der Waals surface area contributed by atoms with Crippen molar-refractivity contribution in [3.8, 4) is 5.75 Å². The molecular formula is C21H25F2N3O3S. The molecule has 9 heteroatoms. The maximum atomic E-state index is 13.5. The Kier molecular flexibility index (Phi) is 6.06. The van der Waals surface area contributed by atoms with Crippen molar-refractivity contribution >= 4 is 10.0 Å². The molecule has 2 fully saturated rings. The topological polar surface area (TPSA) is 70.7 Å². The number of hydrogen-bond donors (Lipinski definition) is 2.